The molecule has 0 atom stereocenters. The molecule has 3 rings (SSSR count). The fraction of sp³-hybridized carbons (Fsp3) is 0.500. The number of aryl methyl sites for hydroxylation is 1. The predicted octanol–water partition coefficient (Wildman–Crippen LogP) is 2.81. The zero-order chi connectivity index (χ0) is 28.0. The minimum Gasteiger partial charge on any atom is -0.480 e. The van der Waals surface area contributed by atoms with Gasteiger partial charge in [0.15, 0.2) is 0 Å². The molecule has 2 aromatic heterocycles. The number of carboxylic acid groups (broad SMARTS) is 2. The molecule has 39 heavy (non-hydrogen) atoms. The number of aliphatic carboxylic acids is 2. The number of nitrogens with zero attached hydrogens (tertiary/aromatic N) is 6. The summed E-state index contributed by atoms with van der Waals surface area (Å²) in [6, 6.07) is 8.31. The average molecular weight is 540 g/mol. The maximum Gasteiger partial charge on any atom is 0.317 e. The number of carbonyl (C=O) groups is 2. The van der Waals surface area contributed by atoms with Crippen molar-refractivity contribution >= 4 is 11.9 Å². The van der Waals surface area contributed by atoms with Crippen molar-refractivity contribution in [3.05, 3.63) is 71.8 Å². The van der Waals surface area contributed by atoms with E-state index in [2.05, 4.69) is 44.1 Å². The van der Waals surface area contributed by atoms with Crippen LogP contribution in [0.2, 0.25) is 0 Å². The van der Waals surface area contributed by atoms with E-state index in [4.69, 9.17) is 5.11 Å². The van der Waals surface area contributed by atoms with Crippen LogP contribution < -0.4 is 0 Å². The fourth-order valence-electron chi connectivity index (χ4n) is 4.63. The highest BCUT2D eigenvalue weighted by molar-refractivity contribution is 5.69. The molecule has 0 unspecified atom stereocenters. The van der Waals surface area contributed by atoms with Gasteiger partial charge in [-0.25, -0.2) is 9.97 Å². The summed E-state index contributed by atoms with van der Waals surface area (Å²) in [7, 11) is 1.99. The third-order valence-corrected chi connectivity index (χ3v) is 6.51. The zero-order valence-corrected chi connectivity index (χ0v) is 23.0. The van der Waals surface area contributed by atoms with Crippen molar-refractivity contribution < 1.29 is 19.8 Å². The molecule has 0 fully saturated rings. The molecule has 1 aromatic carbocycles. The van der Waals surface area contributed by atoms with Gasteiger partial charge in [-0.05, 0) is 50.0 Å². The summed E-state index contributed by atoms with van der Waals surface area (Å²) < 4.78 is 2.02. The number of benzene rings is 1. The van der Waals surface area contributed by atoms with Crippen molar-refractivity contribution in [2.75, 3.05) is 32.7 Å². The van der Waals surface area contributed by atoms with Crippen molar-refractivity contribution in [1.29, 1.82) is 0 Å². The Morgan fingerprint density at radius 2 is 1.44 bits per heavy atom. The first-order valence-electron chi connectivity index (χ1n) is 13.4. The number of rotatable bonds is 19. The molecule has 3 N–H and O–H groups in total. The molecule has 0 radical (unpaired) electrons. The van der Waals surface area contributed by atoms with Crippen LogP contribution in [0.5, 0.6) is 0 Å². The maximum absolute atomic E-state index is 11.5. The van der Waals surface area contributed by atoms with E-state index >= 15 is 0 Å². The van der Waals surface area contributed by atoms with E-state index in [0.29, 0.717) is 32.7 Å². The average Bonchev–Trinajstić information content (AvgIpc) is 3.54. The largest absolute Gasteiger partial charge is 0.480 e. The molecule has 0 aliphatic heterocycles. The standard InChI is InChI=1S/C28H41N7O4/c1-3-13-33(21-27(36)37)14-4-5-15-34(22-28(38)39)17-23-6-8-24(9-7-23)18-35(19-25-29-10-11-30-25)20-26-31-12-16-32(26)2/h6-12,16H,3-5,13-15,17-22H2,1-2H3,(H,29,30)(H,36,37)(H,38,39). The summed E-state index contributed by atoms with van der Waals surface area (Å²) in [4.78, 5) is 40.7. The second kappa shape index (κ2) is 15.8. The first kappa shape index (κ1) is 30.0. The number of hydrogen-bond donors (Lipinski definition) is 3. The van der Waals surface area contributed by atoms with Crippen LogP contribution in [-0.2, 0) is 42.8 Å². The number of aromatic nitrogens is 4. The molecule has 0 saturated heterocycles. The lowest BCUT2D eigenvalue weighted by atomic mass is 10.1. The minimum atomic E-state index is -0.854. The van der Waals surface area contributed by atoms with Crippen molar-refractivity contribution in [2.45, 2.75) is 52.4 Å². The van der Waals surface area contributed by atoms with Gasteiger partial charge < -0.3 is 19.8 Å². The Morgan fingerprint density at radius 1 is 0.821 bits per heavy atom. The van der Waals surface area contributed by atoms with E-state index in [-0.39, 0.29) is 13.1 Å². The van der Waals surface area contributed by atoms with E-state index < -0.39 is 11.9 Å². The summed E-state index contributed by atoms with van der Waals surface area (Å²) >= 11 is 0. The molecule has 212 valence electrons. The number of H-pyrrole nitrogens is 1. The molecular formula is C28H41N7O4. The van der Waals surface area contributed by atoms with Gasteiger partial charge in [0, 0.05) is 44.9 Å². The van der Waals surface area contributed by atoms with Gasteiger partial charge in [-0.2, -0.15) is 0 Å². The smallest absolute Gasteiger partial charge is 0.317 e. The van der Waals surface area contributed by atoms with Gasteiger partial charge in [0.25, 0.3) is 0 Å². The number of imidazole rings is 2. The van der Waals surface area contributed by atoms with Gasteiger partial charge in [-0.15, -0.1) is 0 Å². The maximum atomic E-state index is 11.5. The van der Waals surface area contributed by atoms with E-state index in [0.717, 1.165) is 55.1 Å². The number of unbranched alkanes of at least 4 members (excludes halogenated alkanes) is 1. The summed E-state index contributed by atoms with van der Waals surface area (Å²) in [5, 5.41) is 18.5. The molecule has 2 heterocycles. The van der Waals surface area contributed by atoms with Crippen LogP contribution in [0.4, 0.5) is 0 Å². The highest BCUT2D eigenvalue weighted by Gasteiger charge is 2.14. The van der Waals surface area contributed by atoms with Gasteiger partial charge in [0.2, 0.25) is 0 Å². The monoisotopic (exact) mass is 539 g/mol. The highest BCUT2D eigenvalue weighted by atomic mass is 16.4. The first-order chi connectivity index (χ1) is 18.8. The molecule has 0 amide bonds. The Morgan fingerprint density at radius 3 is 1.97 bits per heavy atom. The molecule has 11 nitrogen and oxygen atoms in total. The van der Waals surface area contributed by atoms with Crippen LogP contribution in [0, 0.1) is 0 Å². The molecular weight excluding hydrogens is 498 g/mol. The lowest BCUT2D eigenvalue weighted by Gasteiger charge is -2.23. The first-order valence-corrected chi connectivity index (χ1v) is 13.4. The molecule has 0 spiro atoms. The Bertz CT molecular complexity index is 1130. The lowest BCUT2D eigenvalue weighted by Crippen LogP contribution is -2.33. The van der Waals surface area contributed by atoms with Gasteiger partial charge >= 0.3 is 11.9 Å². The molecule has 0 aliphatic rings. The summed E-state index contributed by atoms with van der Waals surface area (Å²) in [5.74, 6) is 0.197. The topological polar surface area (TPSA) is 131 Å². The van der Waals surface area contributed by atoms with Crippen LogP contribution in [0.3, 0.4) is 0 Å². The van der Waals surface area contributed by atoms with Crippen LogP contribution in [-0.4, -0.2) is 89.1 Å². The molecule has 0 bridgehead atoms. The van der Waals surface area contributed by atoms with Crippen molar-refractivity contribution in [1.82, 2.24) is 34.2 Å². The normalized spacial score (nSPS) is 11.6. The Hall–Kier alpha value is -3.54. The predicted molar refractivity (Wildman–Crippen MR) is 148 cm³/mol. The lowest BCUT2D eigenvalue weighted by molar-refractivity contribution is -0.139. The number of carboxylic acids is 2. The molecule has 0 aliphatic carbocycles. The molecule has 3 aromatic rings. The second-order valence-electron chi connectivity index (χ2n) is 9.93. The Balaban J connectivity index is 1.56. The van der Waals surface area contributed by atoms with E-state index in [9.17, 15) is 14.7 Å². The van der Waals surface area contributed by atoms with Crippen molar-refractivity contribution in [3.8, 4) is 0 Å². The van der Waals surface area contributed by atoms with E-state index in [1.54, 1.807) is 12.4 Å². The van der Waals surface area contributed by atoms with Gasteiger partial charge in [0.05, 0.1) is 26.2 Å². The van der Waals surface area contributed by atoms with Crippen molar-refractivity contribution in [2.24, 2.45) is 7.05 Å². The summed E-state index contributed by atoms with van der Waals surface area (Å²) in [6.07, 6.45) is 9.85. The zero-order valence-electron chi connectivity index (χ0n) is 23.0. The van der Waals surface area contributed by atoms with Gasteiger partial charge in [0.1, 0.15) is 11.6 Å². The molecule has 11 heteroatoms. The van der Waals surface area contributed by atoms with Crippen LogP contribution in [0.1, 0.15) is 49.0 Å². The third kappa shape index (κ3) is 11.0. The Kier molecular flexibility index (Phi) is 12.1. The van der Waals surface area contributed by atoms with E-state index in [1.165, 1.54) is 0 Å². The second-order valence-corrected chi connectivity index (χ2v) is 9.93. The van der Waals surface area contributed by atoms with E-state index in [1.807, 2.05) is 40.7 Å². The fourth-order valence-corrected chi connectivity index (χ4v) is 4.63. The van der Waals surface area contributed by atoms with Gasteiger partial charge in [-0.3, -0.25) is 24.3 Å². The quantitative estimate of drug-likeness (QED) is 0.197. The van der Waals surface area contributed by atoms with Crippen LogP contribution in [0.25, 0.3) is 0 Å². The van der Waals surface area contributed by atoms with Crippen molar-refractivity contribution in [3.63, 3.8) is 0 Å². The third-order valence-electron chi connectivity index (χ3n) is 6.51. The Labute approximate surface area is 230 Å². The SMILES string of the molecule is CCCN(CCCCN(CC(=O)O)Cc1ccc(CN(Cc2ncc[nH]2)Cc2nccn2C)cc1)CC(=O)O. The highest BCUT2D eigenvalue weighted by Crippen LogP contribution is 2.14. The van der Waals surface area contributed by atoms with Crippen LogP contribution >= 0.6 is 0 Å². The number of nitrogens with one attached hydrogen (secondary N) is 1. The number of hydrogen-bond acceptors (Lipinski definition) is 7. The summed E-state index contributed by atoms with van der Waals surface area (Å²) in [6.45, 7) is 6.74. The number of aromatic amines is 1. The minimum absolute atomic E-state index is 0.0316. The molecule has 0 saturated carbocycles. The van der Waals surface area contributed by atoms with Gasteiger partial charge in [-0.1, -0.05) is 31.2 Å². The summed E-state index contributed by atoms with van der Waals surface area (Å²) in [5.41, 5.74) is 2.21. The van der Waals surface area contributed by atoms with Crippen LogP contribution in [0.15, 0.2) is 49.1 Å².